The molecule has 7 nitrogen and oxygen atoms in total. The Hall–Kier alpha value is -2.15. The molecule has 112 valence electrons. The highest BCUT2D eigenvalue weighted by Gasteiger charge is 2.20. The van der Waals surface area contributed by atoms with Crippen LogP contribution in [0.1, 0.15) is 0 Å². The summed E-state index contributed by atoms with van der Waals surface area (Å²) in [6.07, 6.45) is 9.13. The monoisotopic (exact) mass is 288 g/mol. The molecule has 0 unspecified atom stereocenters. The molecule has 1 aliphatic heterocycles. The van der Waals surface area contributed by atoms with Gasteiger partial charge in [-0.05, 0) is 6.07 Å². The molecular formula is C14H20N6O. The minimum Gasteiger partial charge on any atom is -0.339 e. The fraction of sp³-hybridized carbons (Fsp3) is 0.500. The highest BCUT2D eigenvalue weighted by atomic mass is 16.2. The van der Waals surface area contributed by atoms with Gasteiger partial charge in [-0.15, -0.1) is 0 Å². The van der Waals surface area contributed by atoms with E-state index in [1.807, 2.05) is 29.7 Å². The molecular weight excluding hydrogens is 268 g/mol. The second kappa shape index (κ2) is 6.53. The van der Waals surface area contributed by atoms with Gasteiger partial charge in [-0.25, -0.2) is 4.98 Å². The van der Waals surface area contributed by atoms with Crippen molar-refractivity contribution in [1.29, 1.82) is 0 Å². The van der Waals surface area contributed by atoms with E-state index in [0.717, 1.165) is 39.3 Å². The first-order valence-corrected chi connectivity index (χ1v) is 7.24. The standard InChI is InChI=1S/C14H20N6O/c21-14(12-20-4-1-2-16-20)19-10-8-17(9-11-19)6-7-18-5-3-15-13-18/h1-5,13H,6-12H2. The van der Waals surface area contributed by atoms with Crippen molar-refractivity contribution in [3.05, 3.63) is 37.2 Å². The molecule has 3 rings (SSSR count). The van der Waals surface area contributed by atoms with Crippen LogP contribution in [0.5, 0.6) is 0 Å². The van der Waals surface area contributed by atoms with Gasteiger partial charge in [-0.1, -0.05) is 0 Å². The maximum absolute atomic E-state index is 12.2. The van der Waals surface area contributed by atoms with Crippen LogP contribution in [0.15, 0.2) is 37.2 Å². The number of carbonyl (C=O) groups excluding carboxylic acids is 1. The number of rotatable bonds is 5. The molecule has 0 atom stereocenters. The topological polar surface area (TPSA) is 59.2 Å². The van der Waals surface area contributed by atoms with Crippen molar-refractivity contribution in [3.8, 4) is 0 Å². The third-order valence-electron chi connectivity index (χ3n) is 3.82. The van der Waals surface area contributed by atoms with Gasteiger partial charge in [-0.2, -0.15) is 5.10 Å². The molecule has 0 radical (unpaired) electrons. The van der Waals surface area contributed by atoms with Crippen LogP contribution in [0.3, 0.4) is 0 Å². The molecule has 1 fully saturated rings. The third-order valence-corrected chi connectivity index (χ3v) is 3.82. The van der Waals surface area contributed by atoms with Crippen LogP contribution in [0, 0.1) is 0 Å². The molecule has 2 aromatic rings. The summed E-state index contributed by atoms with van der Waals surface area (Å²) in [4.78, 5) is 20.5. The lowest BCUT2D eigenvalue weighted by molar-refractivity contribution is -0.133. The Kier molecular flexibility index (Phi) is 4.30. The first kappa shape index (κ1) is 13.8. The van der Waals surface area contributed by atoms with E-state index in [-0.39, 0.29) is 5.91 Å². The molecule has 0 N–H and O–H groups in total. The molecule has 0 aliphatic carbocycles. The van der Waals surface area contributed by atoms with Crippen LogP contribution in [-0.2, 0) is 17.9 Å². The molecule has 3 heterocycles. The summed E-state index contributed by atoms with van der Waals surface area (Å²) in [7, 11) is 0. The average Bonchev–Trinajstić information content (AvgIpc) is 3.19. The van der Waals surface area contributed by atoms with Crippen molar-refractivity contribution in [2.45, 2.75) is 13.1 Å². The van der Waals surface area contributed by atoms with Gasteiger partial charge in [0.25, 0.3) is 0 Å². The van der Waals surface area contributed by atoms with E-state index < -0.39 is 0 Å². The number of imidazole rings is 1. The third kappa shape index (κ3) is 3.69. The molecule has 0 saturated carbocycles. The fourth-order valence-electron chi connectivity index (χ4n) is 2.53. The summed E-state index contributed by atoms with van der Waals surface area (Å²) >= 11 is 0. The Bertz CT molecular complexity index is 542. The Morgan fingerprint density at radius 3 is 2.57 bits per heavy atom. The van der Waals surface area contributed by atoms with Gasteiger partial charge in [0.15, 0.2) is 0 Å². The molecule has 1 saturated heterocycles. The second-order valence-electron chi connectivity index (χ2n) is 5.23. The lowest BCUT2D eigenvalue weighted by Gasteiger charge is -2.34. The number of nitrogens with zero attached hydrogens (tertiary/aromatic N) is 6. The van der Waals surface area contributed by atoms with Crippen molar-refractivity contribution in [2.75, 3.05) is 32.7 Å². The minimum atomic E-state index is 0.146. The van der Waals surface area contributed by atoms with E-state index in [2.05, 4.69) is 19.5 Å². The molecule has 1 aliphatic rings. The number of amides is 1. The molecule has 2 aromatic heterocycles. The molecule has 0 aromatic carbocycles. The molecule has 1 amide bonds. The Balaban J connectivity index is 1.41. The summed E-state index contributed by atoms with van der Waals surface area (Å²) in [5.74, 6) is 0.146. The highest BCUT2D eigenvalue weighted by molar-refractivity contribution is 5.76. The van der Waals surface area contributed by atoms with Crippen LogP contribution >= 0.6 is 0 Å². The van der Waals surface area contributed by atoms with Gasteiger partial charge in [0.2, 0.25) is 5.91 Å². The Labute approximate surface area is 123 Å². The number of aromatic nitrogens is 4. The summed E-state index contributed by atoms with van der Waals surface area (Å²) in [5.41, 5.74) is 0. The van der Waals surface area contributed by atoms with E-state index in [9.17, 15) is 4.79 Å². The fourth-order valence-corrected chi connectivity index (χ4v) is 2.53. The van der Waals surface area contributed by atoms with E-state index in [1.165, 1.54) is 0 Å². The summed E-state index contributed by atoms with van der Waals surface area (Å²) in [5, 5.41) is 4.07. The zero-order valence-electron chi connectivity index (χ0n) is 12.0. The lowest BCUT2D eigenvalue weighted by Crippen LogP contribution is -2.50. The number of hydrogen-bond donors (Lipinski definition) is 0. The molecule has 7 heteroatoms. The summed E-state index contributed by atoms with van der Waals surface area (Å²) < 4.78 is 3.75. The predicted molar refractivity (Wildman–Crippen MR) is 77.5 cm³/mol. The molecule has 21 heavy (non-hydrogen) atoms. The van der Waals surface area contributed by atoms with E-state index in [0.29, 0.717) is 6.54 Å². The summed E-state index contributed by atoms with van der Waals surface area (Å²) in [6, 6.07) is 1.83. The molecule has 0 spiro atoms. The number of piperazine rings is 1. The van der Waals surface area contributed by atoms with Crippen LogP contribution < -0.4 is 0 Å². The quantitative estimate of drug-likeness (QED) is 0.772. The van der Waals surface area contributed by atoms with Crippen LogP contribution in [0.4, 0.5) is 0 Å². The van der Waals surface area contributed by atoms with Crippen molar-refractivity contribution >= 4 is 5.91 Å². The van der Waals surface area contributed by atoms with Gasteiger partial charge in [0.1, 0.15) is 6.54 Å². The first-order valence-electron chi connectivity index (χ1n) is 7.24. The van der Waals surface area contributed by atoms with Gasteiger partial charge in [0, 0.05) is 64.1 Å². The van der Waals surface area contributed by atoms with Crippen molar-refractivity contribution in [1.82, 2.24) is 29.1 Å². The molecule has 0 bridgehead atoms. The van der Waals surface area contributed by atoms with Gasteiger partial charge in [-0.3, -0.25) is 14.4 Å². The average molecular weight is 288 g/mol. The van der Waals surface area contributed by atoms with Crippen molar-refractivity contribution in [3.63, 3.8) is 0 Å². The minimum absolute atomic E-state index is 0.146. The van der Waals surface area contributed by atoms with Gasteiger partial charge < -0.3 is 9.47 Å². The maximum Gasteiger partial charge on any atom is 0.244 e. The number of hydrogen-bond acceptors (Lipinski definition) is 4. The van der Waals surface area contributed by atoms with E-state index >= 15 is 0 Å². The van der Waals surface area contributed by atoms with E-state index in [4.69, 9.17) is 0 Å². The lowest BCUT2D eigenvalue weighted by atomic mass is 10.3. The smallest absolute Gasteiger partial charge is 0.244 e. The predicted octanol–water partition coefficient (Wildman–Crippen LogP) is -0.0760. The van der Waals surface area contributed by atoms with Crippen LogP contribution in [-0.4, -0.2) is 67.8 Å². The normalized spacial score (nSPS) is 16.3. The summed E-state index contributed by atoms with van der Waals surface area (Å²) in [6.45, 7) is 5.73. The van der Waals surface area contributed by atoms with Gasteiger partial charge >= 0.3 is 0 Å². The number of carbonyl (C=O) groups is 1. The Morgan fingerprint density at radius 1 is 1.05 bits per heavy atom. The maximum atomic E-state index is 12.2. The van der Waals surface area contributed by atoms with Crippen molar-refractivity contribution < 1.29 is 4.79 Å². The van der Waals surface area contributed by atoms with Crippen LogP contribution in [0.2, 0.25) is 0 Å². The van der Waals surface area contributed by atoms with Gasteiger partial charge in [0.05, 0.1) is 6.33 Å². The van der Waals surface area contributed by atoms with E-state index in [1.54, 1.807) is 17.1 Å². The SMILES string of the molecule is O=C(Cn1cccn1)N1CCN(CCn2ccnc2)CC1. The Morgan fingerprint density at radius 2 is 1.90 bits per heavy atom. The zero-order chi connectivity index (χ0) is 14.5. The first-order chi connectivity index (χ1) is 10.3. The second-order valence-corrected chi connectivity index (χ2v) is 5.23. The zero-order valence-corrected chi connectivity index (χ0v) is 12.0. The van der Waals surface area contributed by atoms with Crippen molar-refractivity contribution in [2.24, 2.45) is 0 Å². The largest absolute Gasteiger partial charge is 0.339 e. The van der Waals surface area contributed by atoms with Crippen LogP contribution in [0.25, 0.3) is 0 Å². The highest BCUT2D eigenvalue weighted by Crippen LogP contribution is 2.04.